The van der Waals surface area contributed by atoms with Crippen LogP contribution in [0.1, 0.15) is 11.1 Å². The van der Waals surface area contributed by atoms with Crippen LogP contribution in [-0.2, 0) is 11.3 Å². The maximum atomic E-state index is 13.3. The zero-order valence-corrected chi connectivity index (χ0v) is 20.6. The van der Waals surface area contributed by atoms with Crippen molar-refractivity contribution in [3.8, 4) is 11.8 Å². The lowest BCUT2D eigenvalue weighted by molar-refractivity contribution is -0.127. The number of benzene rings is 3. The number of hydrogen-bond acceptors (Lipinski definition) is 6. The van der Waals surface area contributed by atoms with Crippen molar-refractivity contribution in [1.82, 2.24) is 14.5 Å². The molecule has 0 aliphatic heterocycles. The van der Waals surface area contributed by atoms with Crippen LogP contribution in [0.4, 0.5) is 5.69 Å². The highest BCUT2D eigenvalue weighted by molar-refractivity contribution is 7.99. The molecule has 176 valence electrons. The Kier molecular flexibility index (Phi) is 7.18. The lowest BCUT2D eigenvalue weighted by atomic mass is 10.2. The molecule has 0 aliphatic carbocycles. The number of thioether (sulfide) groups is 1. The van der Waals surface area contributed by atoms with Crippen molar-refractivity contribution in [1.29, 1.82) is 5.26 Å². The lowest BCUT2D eigenvalue weighted by Crippen LogP contribution is -2.28. The van der Waals surface area contributed by atoms with Crippen LogP contribution in [0.5, 0.6) is 0 Å². The molecule has 0 atom stereocenters. The van der Waals surface area contributed by atoms with Gasteiger partial charge in [-0.25, -0.2) is 4.98 Å². The van der Waals surface area contributed by atoms with E-state index in [2.05, 4.69) is 11.1 Å². The second kappa shape index (κ2) is 10.5. The van der Waals surface area contributed by atoms with Crippen LogP contribution in [0.3, 0.4) is 0 Å². The second-order valence-electron chi connectivity index (χ2n) is 8.31. The van der Waals surface area contributed by atoms with Gasteiger partial charge in [-0.15, -0.1) is 0 Å². The number of rotatable bonds is 7. The highest BCUT2D eigenvalue weighted by atomic mass is 32.2. The summed E-state index contributed by atoms with van der Waals surface area (Å²) in [5.41, 5.74) is 3.59. The standard InChI is InChI=1S/C27H25N5O2S/c1-30(2)21-12-10-20(11-13-21)17-31(3)25(33)18-35-27-29-24-7-5-4-6-23(24)26(34)32(27)22-14-8-19(16-28)9-15-22/h4-15H,17-18H2,1-3H3. The Balaban J connectivity index is 1.57. The molecule has 0 aliphatic rings. The molecule has 4 rings (SSSR count). The Labute approximate surface area is 208 Å². The minimum atomic E-state index is -0.218. The van der Waals surface area contributed by atoms with Crippen molar-refractivity contribution in [2.24, 2.45) is 0 Å². The molecule has 0 saturated heterocycles. The predicted molar refractivity (Wildman–Crippen MR) is 140 cm³/mol. The summed E-state index contributed by atoms with van der Waals surface area (Å²) in [6.07, 6.45) is 0. The summed E-state index contributed by atoms with van der Waals surface area (Å²) in [5.74, 6) is 0.0633. The molecule has 0 fully saturated rings. The van der Waals surface area contributed by atoms with Crippen LogP contribution in [0, 0.1) is 11.3 Å². The number of nitrogens with zero attached hydrogens (tertiary/aromatic N) is 5. The number of carbonyl (C=O) groups is 1. The SMILES string of the molecule is CN(Cc1ccc(N(C)C)cc1)C(=O)CSc1nc2ccccc2c(=O)n1-c1ccc(C#N)cc1. The summed E-state index contributed by atoms with van der Waals surface area (Å²) < 4.78 is 1.50. The number of fused-ring (bicyclic) bond motifs is 1. The summed E-state index contributed by atoms with van der Waals surface area (Å²) in [4.78, 5) is 34.6. The molecule has 0 saturated carbocycles. The highest BCUT2D eigenvalue weighted by Gasteiger charge is 2.17. The van der Waals surface area contributed by atoms with Crippen molar-refractivity contribution in [2.75, 3.05) is 31.8 Å². The van der Waals surface area contributed by atoms with Gasteiger partial charge in [0, 0.05) is 33.4 Å². The Morgan fingerprint density at radius 3 is 2.34 bits per heavy atom. The van der Waals surface area contributed by atoms with E-state index in [0.717, 1.165) is 11.3 Å². The summed E-state index contributed by atoms with van der Waals surface area (Å²) >= 11 is 1.22. The molecule has 0 radical (unpaired) electrons. The lowest BCUT2D eigenvalue weighted by Gasteiger charge is -2.19. The van der Waals surface area contributed by atoms with E-state index < -0.39 is 0 Å². The summed E-state index contributed by atoms with van der Waals surface area (Å²) in [5, 5.41) is 10.0. The molecule has 0 bridgehead atoms. The first kappa shape index (κ1) is 24.0. The second-order valence-corrected chi connectivity index (χ2v) is 9.25. The Hall–Kier alpha value is -4.09. The monoisotopic (exact) mass is 483 g/mol. The number of amides is 1. The largest absolute Gasteiger partial charge is 0.378 e. The van der Waals surface area contributed by atoms with Crippen LogP contribution < -0.4 is 10.5 Å². The third-order valence-electron chi connectivity index (χ3n) is 5.62. The third kappa shape index (κ3) is 5.36. The van der Waals surface area contributed by atoms with E-state index in [9.17, 15) is 9.59 Å². The van der Waals surface area contributed by atoms with Gasteiger partial charge in [-0.1, -0.05) is 36.0 Å². The summed E-state index contributed by atoms with van der Waals surface area (Å²) in [6, 6.07) is 24.1. The minimum Gasteiger partial charge on any atom is -0.378 e. The maximum Gasteiger partial charge on any atom is 0.266 e. The van der Waals surface area contributed by atoms with Gasteiger partial charge >= 0.3 is 0 Å². The van der Waals surface area contributed by atoms with Gasteiger partial charge in [-0.3, -0.25) is 14.2 Å². The van der Waals surface area contributed by atoms with Crippen LogP contribution in [0.15, 0.2) is 82.7 Å². The molecule has 8 heteroatoms. The molecule has 1 heterocycles. The van der Waals surface area contributed by atoms with Crippen molar-refractivity contribution in [3.63, 3.8) is 0 Å². The van der Waals surface area contributed by atoms with E-state index in [1.165, 1.54) is 16.3 Å². The van der Waals surface area contributed by atoms with Crippen molar-refractivity contribution >= 4 is 34.3 Å². The fraction of sp³-hybridized carbons (Fsp3) is 0.185. The van der Waals surface area contributed by atoms with Gasteiger partial charge < -0.3 is 9.80 Å². The Bertz CT molecular complexity index is 1450. The molecule has 3 aromatic carbocycles. The summed E-state index contributed by atoms with van der Waals surface area (Å²) in [6.45, 7) is 0.487. The molecule has 7 nitrogen and oxygen atoms in total. The van der Waals surface area contributed by atoms with Crippen molar-refractivity contribution in [3.05, 3.63) is 94.3 Å². The molecule has 0 N–H and O–H groups in total. The number of nitriles is 1. The number of aromatic nitrogens is 2. The van der Waals surface area contributed by atoms with Gasteiger partial charge in [0.1, 0.15) is 0 Å². The van der Waals surface area contributed by atoms with Gasteiger partial charge in [0.2, 0.25) is 5.91 Å². The van der Waals surface area contributed by atoms with Gasteiger partial charge in [-0.2, -0.15) is 5.26 Å². The average Bonchev–Trinajstić information content (AvgIpc) is 2.87. The average molecular weight is 484 g/mol. The predicted octanol–water partition coefficient (Wildman–Crippen LogP) is 4.07. The number of carbonyl (C=O) groups excluding carboxylic acids is 1. The van der Waals surface area contributed by atoms with E-state index in [4.69, 9.17) is 5.26 Å². The molecule has 1 aromatic heterocycles. The smallest absolute Gasteiger partial charge is 0.266 e. The molecule has 0 spiro atoms. The van der Waals surface area contributed by atoms with Gasteiger partial charge in [0.25, 0.3) is 5.56 Å². The first-order chi connectivity index (χ1) is 16.9. The number of para-hydroxylation sites is 1. The molecule has 4 aromatic rings. The molecule has 1 amide bonds. The molecular formula is C27H25N5O2S. The van der Waals surface area contributed by atoms with Crippen LogP contribution in [0.2, 0.25) is 0 Å². The van der Waals surface area contributed by atoms with Crippen LogP contribution in [0.25, 0.3) is 16.6 Å². The highest BCUT2D eigenvalue weighted by Crippen LogP contribution is 2.22. The quantitative estimate of drug-likeness (QED) is 0.291. The number of hydrogen-bond donors (Lipinski definition) is 0. The topological polar surface area (TPSA) is 82.2 Å². The summed E-state index contributed by atoms with van der Waals surface area (Å²) in [7, 11) is 5.74. The van der Waals surface area contributed by atoms with Gasteiger partial charge in [0.15, 0.2) is 5.16 Å². The van der Waals surface area contributed by atoms with Gasteiger partial charge in [0.05, 0.1) is 34.0 Å². The molecular weight excluding hydrogens is 458 g/mol. The zero-order chi connectivity index (χ0) is 24.9. The normalized spacial score (nSPS) is 10.7. The molecule has 35 heavy (non-hydrogen) atoms. The fourth-order valence-corrected chi connectivity index (χ4v) is 4.57. The van der Waals surface area contributed by atoms with Crippen LogP contribution in [-0.4, -0.2) is 47.3 Å². The third-order valence-corrected chi connectivity index (χ3v) is 6.55. The van der Waals surface area contributed by atoms with Crippen molar-refractivity contribution in [2.45, 2.75) is 11.7 Å². The van der Waals surface area contributed by atoms with E-state index in [0.29, 0.717) is 33.9 Å². The fourth-order valence-electron chi connectivity index (χ4n) is 3.62. The van der Waals surface area contributed by atoms with E-state index >= 15 is 0 Å². The first-order valence-corrected chi connectivity index (χ1v) is 12.0. The molecule has 0 unspecified atom stereocenters. The van der Waals surface area contributed by atoms with Crippen molar-refractivity contribution < 1.29 is 4.79 Å². The first-order valence-electron chi connectivity index (χ1n) is 11.0. The van der Waals surface area contributed by atoms with E-state index in [1.54, 1.807) is 54.4 Å². The zero-order valence-electron chi connectivity index (χ0n) is 19.8. The minimum absolute atomic E-state index is 0.0690. The Morgan fingerprint density at radius 2 is 1.69 bits per heavy atom. The Morgan fingerprint density at radius 1 is 1.00 bits per heavy atom. The van der Waals surface area contributed by atoms with Gasteiger partial charge in [-0.05, 0) is 54.1 Å². The van der Waals surface area contributed by atoms with Crippen LogP contribution >= 0.6 is 11.8 Å². The maximum absolute atomic E-state index is 13.3. The van der Waals surface area contributed by atoms with E-state index in [1.807, 2.05) is 49.3 Å². The van der Waals surface area contributed by atoms with E-state index in [-0.39, 0.29) is 17.2 Å². The number of anilines is 1.